The molecule has 2 atom stereocenters. The van der Waals surface area contributed by atoms with Crippen LogP contribution in [0.2, 0.25) is 5.02 Å². The smallest absolute Gasteiger partial charge is 0.256 e. The minimum absolute atomic E-state index is 0.0169. The average molecular weight is 267 g/mol. The number of hydrogen-bond acceptors (Lipinski definition) is 2. The summed E-state index contributed by atoms with van der Waals surface area (Å²) in [5.41, 5.74) is 6.89. The van der Waals surface area contributed by atoms with Crippen LogP contribution in [0.1, 0.15) is 37.0 Å². The molecule has 0 spiro atoms. The maximum atomic E-state index is 12.5. The molecule has 0 bridgehead atoms. The van der Waals surface area contributed by atoms with E-state index in [-0.39, 0.29) is 11.9 Å². The lowest BCUT2D eigenvalue weighted by molar-refractivity contribution is 0.0552. The fraction of sp³-hybridized carbons (Fsp3) is 0.500. The number of carbonyl (C=O) groups excluding carboxylic acids is 1. The van der Waals surface area contributed by atoms with E-state index in [1.165, 1.54) is 6.42 Å². The van der Waals surface area contributed by atoms with Crippen molar-refractivity contribution in [2.75, 3.05) is 12.3 Å². The first-order valence-electron chi connectivity index (χ1n) is 6.36. The third-order valence-electron chi connectivity index (χ3n) is 3.88. The minimum Gasteiger partial charge on any atom is -0.398 e. The number of likely N-dealkylation sites (tertiary alicyclic amines) is 1. The van der Waals surface area contributed by atoms with Crippen molar-refractivity contribution in [3.8, 4) is 0 Å². The summed E-state index contributed by atoms with van der Waals surface area (Å²) in [5, 5.41) is 0.559. The zero-order chi connectivity index (χ0) is 13.3. The van der Waals surface area contributed by atoms with Gasteiger partial charge in [0.25, 0.3) is 5.91 Å². The Morgan fingerprint density at radius 3 is 2.83 bits per heavy atom. The van der Waals surface area contributed by atoms with Crippen molar-refractivity contribution in [2.24, 2.45) is 5.92 Å². The molecule has 1 aromatic carbocycles. The zero-order valence-electron chi connectivity index (χ0n) is 10.8. The first-order valence-corrected chi connectivity index (χ1v) is 6.74. The first kappa shape index (κ1) is 13.2. The predicted molar refractivity (Wildman–Crippen MR) is 74.8 cm³/mol. The van der Waals surface area contributed by atoms with Gasteiger partial charge in [0, 0.05) is 23.3 Å². The van der Waals surface area contributed by atoms with E-state index < -0.39 is 0 Å². The number of rotatable bonds is 1. The zero-order valence-corrected chi connectivity index (χ0v) is 11.6. The Labute approximate surface area is 113 Å². The number of benzene rings is 1. The van der Waals surface area contributed by atoms with Gasteiger partial charge in [-0.2, -0.15) is 0 Å². The van der Waals surface area contributed by atoms with Crippen LogP contribution >= 0.6 is 11.6 Å². The third-order valence-corrected chi connectivity index (χ3v) is 4.11. The van der Waals surface area contributed by atoms with E-state index >= 15 is 0 Å². The SMILES string of the molecule is CC1CCCN(C(=O)c2ccc(Cl)cc2N)C1C. The molecule has 2 unspecified atom stereocenters. The molecule has 98 valence electrons. The minimum atomic E-state index is 0.0169. The van der Waals surface area contributed by atoms with Crippen molar-refractivity contribution in [1.82, 2.24) is 4.90 Å². The molecule has 0 saturated carbocycles. The fourth-order valence-corrected chi connectivity index (χ4v) is 2.69. The molecule has 2 rings (SSSR count). The van der Waals surface area contributed by atoms with E-state index in [1.54, 1.807) is 18.2 Å². The van der Waals surface area contributed by atoms with Crippen molar-refractivity contribution in [2.45, 2.75) is 32.7 Å². The Kier molecular flexibility index (Phi) is 3.81. The fourth-order valence-electron chi connectivity index (χ4n) is 2.51. The lowest BCUT2D eigenvalue weighted by atomic mass is 9.91. The molecule has 2 N–H and O–H groups in total. The quantitative estimate of drug-likeness (QED) is 0.794. The van der Waals surface area contributed by atoms with Gasteiger partial charge in [0.05, 0.1) is 5.56 Å². The summed E-state index contributed by atoms with van der Waals surface area (Å²) < 4.78 is 0. The maximum absolute atomic E-state index is 12.5. The van der Waals surface area contributed by atoms with Crippen LogP contribution < -0.4 is 5.73 Å². The summed E-state index contributed by atoms with van der Waals surface area (Å²) in [7, 11) is 0. The second-order valence-corrected chi connectivity index (χ2v) is 5.53. The molecule has 18 heavy (non-hydrogen) atoms. The number of nitrogens with zero attached hydrogens (tertiary/aromatic N) is 1. The molecule has 1 saturated heterocycles. The van der Waals surface area contributed by atoms with Gasteiger partial charge in [-0.3, -0.25) is 4.79 Å². The molecule has 0 aliphatic carbocycles. The number of carbonyl (C=O) groups is 1. The summed E-state index contributed by atoms with van der Waals surface area (Å²) in [4.78, 5) is 14.4. The Morgan fingerprint density at radius 1 is 1.44 bits per heavy atom. The molecular formula is C14H19ClN2O. The van der Waals surface area contributed by atoms with Crippen molar-refractivity contribution >= 4 is 23.2 Å². The number of amides is 1. The Hall–Kier alpha value is -1.22. The molecule has 0 radical (unpaired) electrons. The standard InChI is InChI=1S/C14H19ClN2O/c1-9-4-3-7-17(10(9)2)14(18)12-6-5-11(15)8-13(12)16/h5-6,8-10H,3-4,7,16H2,1-2H3. The van der Waals surface area contributed by atoms with Crippen LogP contribution in [0, 0.1) is 5.92 Å². The van der Waals surface area contributed by atoms with Gasteiger partial charge in [0.15, 0.2) is 0 Å². The molecule has 1 aromatic rings. The second-order valence-electron chi connectivity index (χ2n) is 5.09. The molecule has 0 aromatic heterocycles. The highest BCUT2D eigenvalue weighted by molar-refractivity contribution is 6.31. The van der Waals surface area contributed by atoms with E-state index in [1.807, 2.05) is 4.90 Å². The van der Waals surface area contributed by atoms with E-state index in [0.29, 0.717) is 22.2 Å². The van der Waals surface area contributed by atoms with E-state index in [0.717, 1.165) is 13.0 Å². The lowest BCUT2D eigenvalue weighted by Gasteiger charge is -2.38. The van der Waals surface area contributed by atoms with Crippen molar-refractivity contribution in [3.05, 3.63) is 28.8 Å². The normalized spacial score (nSPS) is 24.1. The summed E-state index contributed by atoms with van der Waals surface area (Å²) >= 11 is 5.85. The Morgan fingerprint density at radius 2 is 2.17 bits per heavy atom. The Balaban J connectivity index is 2.25. The molecule has 1 fully saturated rings. The number of nitrogens with two attached hydrogens (primary N) is 1. The molecule has 1 heterocycles. The van der Waals surface area contributed by atoms with Gasteiger partial charge in [-0.15, -0.1) is 0 Å². The number of piperidine rings is 1. The van der Waals surface area contributed by atoms with E-state index in [9.17, 15) is 4.79 Å². The first-order chi connectivity index (χ1) is 8.50. The summed E-state index contributed by atoms with van der Waals surface area (Å²) in [6.07, 6.45) is 2.24. The van der Waals surface area contributed by atoms with Gasteiger partial charge in [-0.25, -0.2) is 0 Å². The molecule has 1 aliphatic heterocycles. The molecule has 3 nitrogen and oxygen atoms in total. The molecule has 1 amide bonds. The number of anilines is 1. The largest absolute Gasteiger partial charge is 0.398 e. The van der Waals surface area contributed by atoms with Gasteiger partial charge < -0.3 is 10.6 Å². The number of halogens is 1. The van der Waals surface area contributed by atoms with Crippen molar-refractivity contribution in [3.63, 3.8) is 0 Å². The molecule has 1 aliphatic rings. The van der Waals surface area contributed by atoms with Crippen LogP contribution in [0.15, 0.2) is 18.2 Å². The van der Waals surface area contributed by atoms with Gasteiger partial charge in [-0.1, -0.05) is 18.5 Å². The summed E-state index contributed by atoms with van der Waals surface area (Å²) in [6.45, 7) is 5.11. The molecule has 4 heteroatoms. The van der Waals surface area contributed by atoms with Crippen LogP contribution in [0.25, 0.3) is 0 Å². The highest BCUT2D eigenvalue weighted by atomic mass is 35.5. The number of hydrogen-bond donors (Lipinski definition) is 1. The highest BCUT2D eigenvalue weighted by Gasteiger charge is 2.29. The lowest BCUT2D eigenvalue weighted by Crippen LogP contribution is -2.46. The average Bonchev–Trinajstić information content (AvgIpc) is 2.32. The van der Waals surface area contributed by atoms with Gasteiger partial charge >= 0.3 is 0 Å². The van der Waals surface area contributed by atoms with Crippen LogP contribution in [-0.2, 0) is 0 Å². The van der Waals surface area contributed by atoms with Gasteiger partial charge in [0.1, 0.15) is 0 Å². The summed E-state index contributed by atoms with van der Waals surface area (Å²) in [6, 6.07) is 5.32. The van der Waals surface area contributed by atoms with Gasteiger partial charge in [-0.05, 0) is 43.9 Å². The highest BCUT2D eigenvalue weighted by Crippen LogP contribution is 2.26. The van der Waals surface area contributed by atoms with Crippen LogP contribution in [0.5, 0.6) is 0 Å². The predicted octanol–water partition coefficient (Wildman–Crippen LogP) is 3.18. The van der Waals surface area contributed by atoms with Crippen molar-refractivity contribution < 1.29 is 4.79 Å². The van der Waals surface area contributed by atoms with Crippen LogP contribution in [0.3, 0.4) is 0 Å². The second kappa shape index (κ2) is 5.19. The molecular weight excluding hydrogens is 248 g/mol. The van der Waals surface area contributed by atoms with E-state index in [4.69, 9.17) is 17.3 Å². The monoisotopic (exact) mass is 266 g/mol. The van der Waals surface area contributed by atoms with Crippen LogP contribution in [0.4, 0.5) is 5.69 Å². The van der Waals surface area contributed by atoms with Crippen LogP contribution in [-0.4, -0.2) is 23.4 Å². The van der Waals surface area contributed by atoms with E-state index in [2.05, 4.69) is 13.8 Å². The topological polar surface area (TPSA) is 46.3 Å². The third kappa shape index (κ3) is 2.46. The maximum Gasteiger partial charge on any atom is 0.256 e. The Bertz CT molecular complexity index is 461. The van der Waals surface area contributed by atoms with Gasteiger partial charge in [0.2, 0.25) is 0 Å². The summed E-state index contributed by atoms with van der Waals surface area (Å²) in [5.74, 6) is 0.555. The van der Waals surface area contributed by atoms with Crippen molar-refractivity contribution in [1.29, 1.82) is 0 Å². The number of nitrogen functional groups attached to an aromatic ring is 1.